The topological polar surface area (TPSA) is 95.7 Å². The van der Waals surface area contributed by atoms with E-state index in [-0.39, 0.29) is 22.2 Å². The van der Waals surface area contributed by atoms with E-state index in [1.807, 2.05) is 6.07 Å². The summed E-state index contributed by atoms with van der Waals surface area (Å²) in [6.07, 6.45) is 0. The number of para-hydroxylation sites is 1. The minimum atomic E-state index is -0.596. The first-order valence-electron chi connectivity index (χ1n) is 8.52. The van der Waals surface area contributed by atoms with Crippen molar-refractivity contribution in [3.8, 4) is 11.5 Å². The first-order valence-corrected chi connectivity index (χ1v) is 9.97. The molecule has 0 heterocycles. The lowest BCUT2D eigenvalue weighted by molar-refractivity contribution is -0.385. The van der Waals surface area contributed by atoms with Crippen LogP contribution in [0.2, 0.25) is 5.02 Å². The van der Waals surface area contributed by atoms with Crippen LogP contribution in [-0.4, -0.2) is 23.3 Å². The molecular weight excluding hydrogens is 525 g/mol. The third-order valence-corrected chi connectivity index (χ3v) is 4.90. The van der Waals surface area contributed by atoms with Gasteiger partial charge in [0.1, 0.15) is 5.75 Å². The number of hydrogen-bond donors (Lipinski definition) is 0. The van der Waals surface area contributed by atoms with Gasteiger partial charge in [-0.05, 0) is 71.1 Å². The van der Waals surface area contributed by atoms with Gasteiger partial charge in [0.05, 0.1) is 15.5 Å². The summed E-state index contributed by atoms with van der Waals surface area (Å²) in [5, 5.41) is 11.2. The number of benzene rings is 3. The van der Waals surface area contributed by atoms with Crippen molar-refractivity contribution in [1.29, 1.82) is 0 Å². The predicted molar refractivity (Wildman–Crippen MR) is 118 cm³/mol. The molecule has 7 nitrogen and oxygen atoms in total. The second-order valence-electron chi connectivity index (χ2n) is 5.98. The molecule has 0 aliphatic rings. The summed E-state index contributed by atoms with van der Waals surface area (Å²) in [5.74, 6) is -0.814. The quantitative estimate of drug-likeness (QED) is 0.126. The number of carbonyl (C=O) groups excluding carboxylic acids is 2. The molecule has 3 aromatic carbocycles. The molecular formula is C21H13ClINO6. The smallest absolute Gasteiger partial charge is 0.338 e. The summed E-state index contributed by atoms with van der Waals surface area (Å²) < 4.78 is 11.5. The number of halogens is 2. The summed E-state index contributed by atoms with van der Waals surface area (Å²) in [4.78, 5) is 34.9. The van der Waals surface area contributed by atoms with Crippen molar-refractivity contribution in [2.24, 2.45) is 0 Å². The van der Waals surface area contributed by atoms with Crippen LogP contribution in [-0.2, 0) is 4.74 Å². The van der Waals surface area contributed by atoms with Crippen LogP contribution in [0.1, 0.15) is 20.7 Å². The number of esters is 1. The minimum absolute atomic E-state index is 0.0883. The summed E-state index contributed by atoms with van der Waals surface area (Å²) in [7, 11) is 0. The Morgan fingerprint density at radius 1 is 1.00 bits per heavy atom. The molecule has 0 unspecified atom stereocenters. The van der Waals surface area contributed by atoms with Gasteiger partial charge in [0, 0.05) is 15.2 Å². The maximum Gasteiger partial charge on any atom is 0.338 e. The molecule has 152 valence electrons. The summed E-state index contributed by atoms with van der Waals surface area (Å²) in [5.41, 5.74) is 0.386. The van der Waals surface area contributed by atoms with Gasteiger partial charge in [0.15, 0.2) is 12.4 Å². The molecule has 0 spiro atoms. The standard InChI is InChI=1S/C21H13ClINO6/c22-17-5-2-6-18(24(27)28)20(17)30-16-9-7-13(8-10-16)19(25)12-29-21(26)14-3-1-4-15(23)11-14/h1-11H,12H2. The van der Waals surface area contributed by atoms with Crippen molar-refractivity contribution in [3.63, 3.8) is 0 Å². The van der Waals surface area contributed by atoms with E-state index in [9.17, 15) is 19.7 Å². The van der Waals surface area contributed by atoms with Crippen LogP contribution in [0.3, 0.4) is 0 Å². The van der Waals surface area contributed by atoms with Gasteiger partial charge < -0.3 is 9.47 Å². The van der Waals surface area contributed by atoms with E-state index in [1.165, 1.54) is 42.5 Å². The highest BCUT2D eigenvalue weighted by atomic mass is 127. The first kappa shape index (κ1) is 21.7. The van der Waals surface area contributed by atoms with E-state index in [1.54, 1.807) is 18.2 Å². The number of nitrogens with zero attached hydrogens (tertiary/aromatic N) is 1. The lowest BCUT2D eigenvalue weighted by Crippen LogP contribution is -2.14. The molecule has 0 aliphatic heterocycles. The number of ketones is 1. The molecule has 0 aromatic heterocycles. The SMILES string of the molecule is O=C(COC(=O)c1cccc(I)c1)c1ccc(Oc2c(Cl)cccc2[N+](=O)[O-])cc1. The zero-order valence-electron chi connectivity index (χ0n) is 15.2. The zero-order valence-corrected chi connectivity index (χ0v) is 18.1. The third kappa shape index (κ3) is 5.33. The van der Waals surface area contributed by atoms with Crippen molar-refractivity contribution in [2.75, 3.05) is 6.61 Å². The molecule has 0 radical (unpaired) electrons. The Hall–Kier alpha value is -2.98. The van der Waals surface area contributed by atoms with Gasteiger partial charge in [-0.1, -0.05) is 23.7 Å². The van der Waals surface area contributed by atoms with Crippen LogP contribution in [0.15, 0.2) is 66.7 Å². The van der Waals surface area contributed by atoms with Crippen LogP contribution in [0.5, 0.6) is 11.5 Å². The molecule has 9 heteroatoms. The number of carbonyl (C=O) groups is 2. The lowest BCUT2D eigenvalue weighted by atomic mass is 10.1. The first-order chi connectivity index (χ1) is 14.3. The highest BCUT2D eigenvalue weighted by molar-refractivity contribution is 14.1. The number of nitro groups is 1. The van der Waals surface area contributed by atoms with Crippen LogP contribution in [0, 0.1) is 13.7 Å². The molecule has 30 heavy (non-hydrogen) atoms. The minimum Gasteiger partial charge on any atom is -0.454 e. The third-order valence-electron chi connectivity index (χ3n) is 3.93. The normalized spacial score (nSPS) is 10.3. The van der Waals surface area contributed by atoms with Gasteiger partial charge in [-0.3, -0.25) is 14.9 Å². The van der Waals surface area contributed by atoms with E-state index in [0.717, 1.165) is 3.57 Å². The maximum absolute atomic E-state index is 12.3. The van der Waals surface area contributed by atoms with Gasteiger partial charge in [0.25, 0.3) is 0 Å². The summed E-state index contributed by atoms with van der Waals surface area (Å²) in [6.45, 7) is -0.416. The molecule has 0 aliphatic carbocycles. The molecule has 0 N–H and O–H groups in total. The highest BCUT2D eigenvalue weighted by Gasteiger charge is 2.19. The van der Waals surface area contributed by atoms with E-state index in [4.69, 9.17) is 21.1 Å². The predicted octanol–water partition coefficient (Wildman–Crippen LogP) is 5.68. The Morgan fingerprint density at radius 2 is 1.70 bits per heavy atom. The number of Topliss-reactive ketones (excluding diaryl/α,β-unsaturated/α-hetero) is 1. The van der Waals surface area contributed by atoms with Gasteiger partial charge in [0.2, 0.25) is 5.75 Å². The number of rotatable bonds is 7. The van der Waals surface area contributed by atoms with Crippen LogP contribution >= 0.6 is 34.2 Å². The molecule has 0 fully saturated rings. The number of nitro benzene ring substituents is 1. The monoisotopic (exact) mass is 537 g/mol. The maximum atomic E-state index is 12.3. The largest absolute Gasteiger partial charge is 0.454 e. The average molecular weight is 538 g/mol. The fraction of sp³-hybridized carbons (Fsp3) is 0.0476. The average Bonchev–Trinajstić information content (AvgIpc) is 2.73. The van der Waals surface area contributed by atoms with Crippen LogP contribution < -0.4 is 4.74 Å². The van der Waals surface area contributed by atoms with Gasteiger partial charge in [-0.15, -0.1) is 0 Å². The van der Waals surface area contributed by atoms with E-state index in [0.29, 0.717) is 11.1 Å². The Morgan fingerprint density at radius 3 is 2.37 bits per heavy atom. The summed E-state index contributed by atoms with van der Waals surface area (Å²) in [6, 6.07) is 16.9. The van der Waals surface area contributed by atoms with Crippen molar-refractivity contribution in [2.45, 2.75) is 0 Å². The molecule has 3 aromatic rings. The van der Waals surface area contributed by atoms with Gasteiger partial charge in [-0.25, -0.2) is 4.79 Å². The Labute approximate surface area is 189 Å². The molecule has 0 amide bonds. The zero-order chi connectivity index (χ0) is 21.7. The molecule has 0 bridgehead atoms. The van der Waals surface area contributed by atoms with Crippen LogP contribution in [0.4, 0.5) is 5.69 Å². The fourth-order valence-electron chi connectivity index (χ4n) is 2.48. The van der Waals surface area contributed by atoms with Crippen molar-refractivity contribution >= 4 is 51.6 Å². The number of ether oxygens (including phenoxy) is 2. The lowest BCUT2D eigenvalue weighted by Gasteiger charge is -2.09. The molecule has 3 rings (SSSR count). The molecule has 0 atom stereocenters. The van der Waals surface area contributed by atoms with Crippen molar-refractivity contribution in [3.05, 3.63) is 96.6 Å². The van der Waals surface area contributed by atoms with Crippen molar-refractivity contribution < 1.29 is 24.0 Å². The Bertz CT molecular complexity index is 1120. The highest BCUT2D eigenvalue weighted by Crippen LogP contribution is 2.37. The van der Waals surface area contributed by atoms with E-state index in [2.05, 4.69) is 22.6 Å². The second-order valence-corrected chi connectivity index (χ2v) is 7.63. The second kappa shape index (κ2) is 9.68. The number of hydrogen-bond acceptors (Lipinski definition) is 6. The molecule has 0 saturated heterocycles. The van der Waals surface area contributed by atoms with Gasteiger partial charge >= 0.3 is 11.7 Å². The summed E-state index contributed by atoms with van der Waals surface area (Å²) >= 11 is 8.08. The van der Waals surface area contributed by atoms with E-state index < -0.39 is 23.3 Å². The fourth-order valence-corrected chi connectivity index (χ4v) is 3.23. The Kier molecular flexibility index (Phi) is 7.01. The van der Waals surface area contributed by atoms with Crippen LogP contribution in [0.25, 0.3) is 0 Å². The van der Waals surface area contributed by atoms with Crippen molar-refractivity contribution in [1.82, 2.24) is 0 Å². The Balaban J connectivity index is 1.65. The van der Waals surface area contributed by atoms with Gasteiger partial charge in [-0.2, -0.15) is 0 Å². The molecule has 0 saturated carbocycles. The van der Waals surface area contributed by atoms with E-state index >= 15 is 0 Å².